The maximum atomic E-state index is 10.3. The minimum Gasteiger partial charge on any atom is -0.481 e. The quantitative estimate of drug-likeness (QED) is 0.440. The Balaban J connectivity index is 3.11. The summed E-state index contributed by atoms with van der Waals surface area (Å²) in [6, 6.07) is 0. The van der Waals surface area contributed by atoms with Gasteiger partial charge in [-0.05, 0) is 19.3 Å². The molecule has 0 radical (unpaired) electrons. The molecule has 0 aromatic heterocycles. The first-order valence-corrected chi connectivity index (χ1v) is 7.44. The lowest BCUT2D eigenvalue weighted by Gasteiger charge is -2.08. The topological polar surface area (TPSA) is 37.3 Å². The van der Waals surface area contributed by atoms with Crippen molar-refractivity contribution in [3.8, 4) is 0 Å². The van der Waals surface area contributed by atoms with E-state index in [2.05, 4.69) is 22.9 Å². The molecule has 0 rings (SSSR count). The Morgan fingerprint density at radius 1 is 1.06 bits per heavy atom. The minimum absolute atomic E-state index is 0.331. The minimum atomic E-state index is -0.667. The van der Waals surface area contributed by atoms with E-state index in [1.54, 1.807) is 0 Å². The van der Waals surface area contributed by atoms with Crippen molar-refractivity contribution in [3.05, 3.63) is 0 Å². The number of unbranched alkanes of at least 4 members (excludes halogenated alkanes) is 5. The zero-order valence-corrected chi connectivity index (χ0v) is 12.0. The summed E-state index contributed by atoms with van der Waals surface area (Å²) >= 11 is 3.70. The fraction of sp³-hybridized carbons (Fsp3) is 0.923. The van der Waals surface area contributed by atoms with Crippen molar-refractivity contribution in [2.45, 2.75) is 76.0 Å². The molecule has 3 heteroatoms. The van der Waals surface area contributed by atoms with Crippen molar-refractivity contribution in [2.75, 3.05) is 0 Å². The number of carboxylic acid groups (broad SMARTS) is 1. The molecule has 0 heterocycles. The van der Waals surface area contributed by atoms with Crippen LogP contribution in [0.5, 0.6) is 0 Å². The van der Waals surface area contributed by atoms with Crippen LogP contribution in [0.15, 0.2) is 0 Å². The third kappa shape index (κ3) is 12.0. The molecule has 0 amide bonds. The van der Waals surface area contributed by atoms with Crippen LogP contribution in [0.4, 0.5) is 0 Å². The summed E-state index contributed by atoms with van der Waals surface area (Å²) in [5, 5.41) is 8.47. The van der Waals surface area contributed by atoms with Crippen LogP contribution in [0.1, 0.15) is 71.1 Å². The zero-order valence-electron chi connectivity index (χ0n) is 10.4. The maximum Gasteiger partial charge on any atom is 0.303 e. The van der Waals surface area contributed by atoms with Gasteiger partial charge in [-0.2, -0.15) is 0 Å². The van der Waals surface area contributed by atoms with Gasteiger partial charge in [-0.15, -0.1) is 0 Å². The molecule has 1 atom stereocenters. The highest BCUT2D eigenvalue weighted by atomic mass is 79.9. The van der Waals surface area contributed by atoms with E-state index in [-0.39, 0.29) is 0 Å². The molecule has 0 aromatic carbocycles. The molecule has 0 aliphatic rings. The van der Waals surface area contributed by atoms with Crippen molar-refractivity contribution in [3.63, 3.8) is 0 Å². The average Bonchev–Trinajstić information content (AvgIpc) is 2.24. The Labute approximate surface area is 108 Å². The van der Waals surface area contributed by atoms with Crippen molar-refractivity contribution in [1.82, 2.24) is 0 Å². The summed E-state index contributed by atoms with van der Waals surface area (Å²) in [6.07, 6.45) is 11.1. The monoisotopic (exact) mass is 292 g/mol. The van der Waals surface area contributed by atoms with Crippen LogP contribution in [0, 0.1) is 0 Å². The molecule has 1 N–H and O–H groups in total. The van der Waals surface area contributed by atoms with Crippen molar-refractivity contribution in [1.29, 1.82) is 0 Å². The average molecular weight is 293 g/mol. The second kappa shape index (κ2) is 11.4. The first kappa shape index (κ1) is 16.0. The molecule has 2 nitrogen and oxygen atoms in total. The summed E-state index contributed by atoms with van der Waals surface area (Å²) in [6.45, 7) is 2.22. The number of hydrogen-bond acceptors (Lipinski definition) is 1. The number of halogens is 1. The summed E-state index contributed by atoms with van der Waals surface area (Å²) < 4.78 is 0. The SMILES string of the molecule is CCCCC(Br)CCCCCCCC(=O)O. The van der Waals surface area contributed by atoms with E-state index in [1.807, 2.05) is 0 Å². The highest BCUT2D eigenvalue weighted by Gasteiger charge is 2.02. The van der Waals surface area contributed by atoms with Crippen LogP contribution in [0.3, 0.4) is 0 Å². The van der Waals surface area contributed by atoms with Gasteiger partial charge in [-0.1, -0.05) is 61.4 Å². The van der Waals surface area contributed by atoms with Crippen LogP contribution in [0.25, 0.3) is 0 Å². The van der Waals surface area contributed by atoms with Crippen LogP contribution in [-0.4, -0.2) is 15.9 Å². The second-order valence-electron chi connectivity index (χ2n) is 4.44. The highest BCUT2D eigenvalue weighted by molar-refractivity contribution is 9.09. The molecule has 96 valence electrons. The zero-order chi connectivity index (χ0) is 12.2. The largest absolute Gasteiger partial charge is 0.481 e. The van der Waals surface area contributed by atoms with Gasteiger partial charge in [-0.25, -0.2) is 0 Å². The maximum absolute atomic E-state index is 10.3. The van der Waals surface area contributed by atoms with Crippen LogP contribution >= 0.6 is 15.9 Å². The molecular weight excluding hydrogens is 268 g/mol. The van der Waals surface area contributed by atoms with E-state index < -0.39 is 5.97 Å². The second-order valence-corrected chi connectivity index (χ2v) is 5.73. The van der Waals surface area contributed by atoms with Crippen molar-refractivity contribution >= 4 is 21.9 Å². The van der Waals surface area contributed by atoms with Gasteiger partial charge >= 0.3 is 5.97 Å². The van der Waals surface area contributed by atoms with E-state index in [0.29, 0.717) is 11.2 Å². The third-order valence-electron chi connectivity index (χ3n) is 2.78. The molecule has 0 saturated carbocycles. The Morgan fingerprint density at radius 3 is 2.25 bits per heavy atom. The Morgan fingerprint density at radius 2 is 1.62 bits per heavy atom. The van der Waals surface area contributed by atoms with Gasteiger partial charge in [0.1, 0.15) is 0 Å². The van der Waals surface area contributed by atoms with E-state index >= 15 is 0 Å². The molecular formula is C13H25BrO2. The van der Waals surface area contributed by atoms with Gasteiger partial charge in [0, 0.05) is 11.2 Å². The summed E-state index contributed by atoms with van der Waals surface area (Å²) in [4.78, 5) is 11.0. The molecule has 16 heavy (non-hydrogen) atoms. The lowest BCUT2D eigenvalue weighted by molar-refractivity contribution is -0.137. The third-order valence-corrected chi connectivity index (χ3v) is 3.69. The predicted octanol–water partition coefficient (Wildman–Crippen LogP) is 4.76. The highest BCUT2D eigenvalue weighted by Crippen LogP contribution is 2.17. The molecule has 1 unspecified atom stereocenters. The molecule has 0 fully saturated rings. The van der Waals surface area contributed by atoms with Gasteiger partial charge in [0.25, 0.3) is 0 Å². The first-order valence-electron chi connectivity index (χ1n) is 6.52. The lowest BCUT2D eigenvalue weighted by atomic mass is 10.1. The summed E-state index contributed by atoms with van der Waals surface area (Å²) in [7, 11) is 0. The summed E-state index contributed by atoms with van der Waals surface area (Å²) in [5.41, 5.74) is 0. The number of rotatable bonds is 11. The smallest absolute Gasteiger partial charge is 0.303 e. The standard InChI is InChI=1S/C13H25BrO2/c1-2-3-9-12(14)10-7-5-4-6-8-11-13(15)16/h12H,2-11H2,1H3,(H,15,16). The predicted molar refractivity (Wildman–Crippen MR) is 72.2 cm³/mol. The first-order chi connectivity index (χ1) is 7.66. The number of hydrogen-bond donors (Lipinski definition) is 1. The normalized spacial score (nSPS) is 12.6. The Bertz CT molecular complexity index is 171. The van der Waals surface area contributed by atoms with E-state index in [9.17, 15) is 4.79 Å². The molecule has 0 saturated heterocycles. The molecule has 0 aromatic rings. The number of alkyl halides is 1. The number of carbonyl (C=O) groups is 1. The van der Waals surface area contributed by atoms with E-state index in [0.717, 1.165) is 12.8 Å². The lowest BCUT2D eigenvalue weighted by Crippen LogP contribution is -1.97. The molecule has 0 bridgehead atoms. The molecule has 0 aliphatic carbocycles. The number of aliphatic carboxylic acids is 1. The van der Waals surface area contributed by atoms with Gasteiger partial charge in [0.2, 0.25) is 0 Å². The van der Waals surface area contributed by atoms with Crippen molar-refractivity contribution < 1.29 is 9.90 Å². The van der Waals surface area contributed by atoms with Gasteiger partial charge in [0.05, 0.1) is 0 Å². The summed E-state index contributed by atoms with van der Waals surface area (Å²) in [5.74, 6) is -0.667. The van der Waals surface area contributed by atoms with Crippen LogP contribution < -0.4 is 0 Å². The van der Waals surface area contributed by atoms with Crippen LogP contribution in [-0.2, 0) is 4.79 Å². The van der Waals surface area contributed by atoms with Gasteiger partial charge in [-0.3, -0.25) is 4.79 Å². The van der Waals surface area contributed by atoms with Gasteiger partial charge in [0.15, 0.2) is 0 Å². The number of carboxylic acids is 1. The van der Waals surface area contributed by atoms with E-state index in [1.165, 1.54) is 44.9 Å². The Kier molecular flexibility index (Phi) is 11.4. The van der Waals surface area contributed by atoms with E-state index in [4.69, 9.17) is 5.11 Å². The fourth-order valence-corrected chi connectivity index (χ4v) is 2.39. The van der Waals surface area contributed by atoms with Gasteiger partial charge < -0.3 is 5.11 Å². The Hall–Kier alpha value is -0.0500. The fourth-order valence-electron chi connectivity index (χ4n) is 1.74. The molecule has 0 aliphatic heterocycles. The molecule has 0 spiro atoms. The van der Waals surface area contributed by atoms with Crippen molar-refractivity contribution in [2.24, 2.45) is 0 Å². The van der Waals surface area contributed by atoms with Crippen LogP contribution in [0.2, 0.25) is 0 Å².